The van der Waals surface area contributed by atoms with Crippen molar-refractivity contribution in [1.82, 2.24) is 9.13 Å². The summed E-state index contributed by atoms with van der Waals surface area (Å²) in [7, 11) is -4.52. The van der Waals surface area contributed by atoms with E-state index in [4.69, 9.17) is 5.26 Å². The van der Waals surface area contributed by atoms with Crippen molar-refractivity contribution in [3.8, 4) is 0 Å². The highest BCUT2D eigenvalue weighted by Gasteiger charge is 2.27. The predicted octanol–water partition coefficient (Wildman–Crippen LogP) is 4.75. The minimum absolute atomic E-state index is 0.0226. The van der Waals surface area contributed by atoms with Gasteiger partial charge in [0.15, 0.2) is 10.9 Å². The van der Waals surface area contributed by atoms with Crippen LogP contribution in [0.25, 0.3) is 43.6 Å². The molecule has 12 nitrogen and oxygen atoms in total. The zero-order chi connectivity index (χ0) is 32.1. The van der Waals surface area contributed by atoms with Gasteiger partial charge in [-0.25, -0.2) is 5.26 Å². The van der Waals surface area contributed by atoms with E-state index in [0.717, 1.165) is 11.1 Å². The first kappa shape index (κ1) is 31.5. The second-order valence-corrected chi connectivity index (χ2v) is 13.1. The summed E-state index contributed by atoms with van der Waals surface area (Å²) in [5.74, 6) is -3.86. The average Bonchev–Trinajstić information content (AvgIpc) is 2.96. The van der Waals surface area contributed by atoms with Crippen LogP contribution in [0.2, 0.25) is 0 Å². The van der Waals surface area contributed by atoms with Crippen molar-refractivity contribution in [1.29, 1.82) is 0 Å². The molecular formula is C30H28N2O10S2. The molecule has 2 atom stereocenters. The van der Waals surface area contributed by atoms with Gasteiger partial charge in [0.05, 0.1) is 33.7 Å². The molecule has 0 aliphatic rings. The first-order chi connectivity index (χ1) is 20.7. The van der Waals surface area contributed by atoms with Gasteiger partial charge < -0.3 is 0 Å². The predicted molar refractivity (Wildman–Crippen MR) is 168 cm³/mol. The highest BCUT2D eigenvalue weighted by molar-refractivity contribution is 7.94. The fourth-order valence-corrected chi connectivity index (χ4v) is 6.66. The molecule has 0 aliphatic heterocycles. The van der Waals surface area contributed by atoms with E-state index in [9.17, 15) is 32.1 Å². The van der Waals surface area contributed by atoms with Crippen LogP contribution < -0.4 is 10.9 Å². The van der Waals surface area contributed by atoms with E-state index in [0.29, 0.717) is 17.6 Å². The van der Waals surface area contributed by atoms with Gasteiger partial charge in [0, 0.05) is 45.3 Å². The molecule has 0 saturated carbocycles. The summed E-state index contributed by atoms with van der Waals surface area (Å²) in [6, 6.07) is 12.7. The molecule has 2 heterocycles. The Kier molecular flexibility index (Phi) is 8.50. The van der Waals surface area contributed by atoms with Crippen LogP contribution in [-0.4, -0.2) is 50.7 Å². The van der Waals surface area contributed by atoms with Crippen molar-refractivity contribution >= 4 is 77.6 Å². The standard InChI is InChI=1S/C30H28N2O10S2/c1-15-5-7-23-19(9-15)27(33)21-12-26-22(11-25(21)31(23)29(35)17(3)13-43-42-41-37)28(34)20-10-16(2)6-8-24(20)32(26)30(36)18(4)14-44(38,39)40/h5-12,17-18,37H,13-14H2,1-4H3,(H,38,39,40). The SMILES string of the molecule is Cc1ccc2c(c1)c(=O)c1cc3c(cc1n2C(=O)C(C)CSOOO)c(=O)c1cc(C)ccc1n3C(=O)C(C)CS(=O)(=O)O. The Morgan fingerprint density at radius 2 is 1.20 bits per heavy atom. The number of rotatable bonds is 8. The summed E-state index contributed by atoms with van der Waals surface area (Å²) in [5, 5.41) is 12.6. The zero-order valence-corrected chi connectivity index (χ0v) is 25.7. The molecule has 0 amide bonds. The molecular weight excluding hydrogens is 612 g/mol. The molecule has 2 N–H and O–H groups in total. The minimum atomic E-state index is -4.52. The number of pyridine rings is 2. The van der Waals surface area contributed by atoms with Gasteiger partial charge in [0.1, 0.15) is 0 Å². The van der Waals surface area contributed by atoms with Crippen LogP contribution in [0.4, 0.5) is 0 Å². The second-order valence-electron chi connectivity index (χ2n) is 10.9. The monoisotopic (exact) mass is 640 g/mol. The van der Waals surface area contributed by atoms with E-state index < -0.39 is 50.4 Å². The van der Waals surface area contributed by atoms with Crippen LogP contribution in [0.1, 0.15) is 34.6 Å². The van der Waals surface area contributed by atoms with Crippen molar-refractivity contribution < 1.29 is 37.2 Å². The first-order valence-electron chi connectivity index (χ1n) is 13.4. The van der Waals surface area contributed by atoms with Gasteiger partial charge in [0.2, 0.25) is 11.8 Å². The largest absolute Gasteiger partial charge is 0.288 e. The smallest absolute Gasteiger partial charge is 0.265 e. The number of aryl methyl sites for hydroxylation is 2. The lowest BCUT2D eigenvalue weighted by Crippen LogP contribution is -2.28. The number of aromatic nitrogens is 2. The van der Waals surface area contributed by atoms with Crippen molar-refractivity contribution in [3.05, 3.63) is 80.1 Å². The molecule has 5 aromatic rings. The molecule has 230 valence electrons. The van der Waals surface area contributed by atoms with Gasteiger partial charge >= 0.3 is 0 Å². The number of hydrogen-bond donors (Lipinski definition) is 2. The van der Waals surface area contributed by atoms with Crippen LogP contribution >= 0.6 is 12.0 Å². The molecule has 2 unspecified atom stereocenters. The molecule has 14 heteroatoms. The van der Waals surface area contributed by atoms with Gasteiger partial charge in [-0.1, -0.05) is 42.1 Å². The Labute approximate surface area is 254 Å². The minimum Gasteiger partial charge on any atom is -0.288 e. The summed E-state index contributed by atoms with van der Waals surface area (Å²) >= 11 is 0.701. The maximum Gasteiger partial charge on any atom is 0.265 e. The summed E-state index contributed by atoms with van der Waals surface area (Å²) in [6.45, 7) is 6.53. The Morgan fingerprint density at radius 1 is 0.773 bits per heavy atom. The first-order valence-corrected chi connectivity index (χ1v) is 16.0. The fraction of sp³-hybridized carbons (Fsp3) is 0.267. The quantitative estimate of drug-likeness (QED) is 0.0599. The molecule has 0 aliphatic carbocycles. The Morgan fingerprint density at radius 3 is 1.64 bits per heavy atom. The lowest BCUT2D eigenvalue weighted by atomic mass is 10.0. The number of carbonyl (C=O) groups excluding carboxylic acids is 2. The molecule has 0 radical (unpaired) electrons. The summed E-state index contributed by atoms with van der Waals surface area (Å²) < 4.78 is 39.7. The number of benzene rings is 3. The van der Waals surface area contributed by atoms with Crippen LogP contribution in [-0.2, 0) is 19.5 Å². The second kappa shape index (κ2) is 11.9. The molecule has 0 fully saturated rings. The van der Waals surface area contributed by atoms with E-state index >= 15 is 0 Å². The molecule has 44 heavy (non-hydrogen) atoms. The number of nitrogens with zero attached hydrogens (tertiary/aromatic N) is 2. The van der Waals surface area contributed by atoms with Crippen LogP contribution in [0, 0.1) is 25.7 Å². The van der Waals surface area contributed by atoms with Gasteiger partial charge in [-0.3, -0.25) is 32.9 Å². The van der Waals surface area contributed by atoms with Crippen molar-refractivity contribution in [2.24, 2.45) is 11.8 Å². The highest BCUT2D eigenvalue weighted by Crippen LogP contribution is 2.29. The molecule has 2 aromatic heterocycles. The molecule has 0 spiro atoms. The van der Waals surface area contributed by atoms with E-state index in [2.05, 4.69) is 9.37 Å². The van der Waals surface area contributed by atoms with E-state index in [1.165, 1.54) is 28.2 Å². The lowest BCUT2D eigenvalue weighted by molar-refractivity contribution is -0.432. The van der Waals surface area contributed by atoms with Gasteiger partial charge in [-0.2, -0.15) is 8.42 Å². The number of hydrogen-bond acceptors (Lipinski definition) is 10. The summed E-state index contributed by atoms with van der Waals surface area (Å²) in [6.07, 6.45) is 0. The maximum atomic E-state index is 14.0. The summed E-state index contributed by atoms with van der Waals surface area (Å²) in [4.78, 5) is 55.6. The normalized spacial score (nSPS) is 13.6. The number of carbonyl (C=O) groups is 2. The number of fused-ring (bicyclic) bond motifs is 4. The maximum absolute atomic E-state index is 14.0. The third-order valence-corrected chi connectivity index (χ3v) is 9.22. The Hall–Kier alpha value is -3.92. The van der Waals surface area contributed by atoms with E-state index in [1.807, 2.05) is 0 Å². The molecule has 0 saturated heterocycles. The highest BCUT2D eigenvalue weighted by atomic mass is 32.2. The van der Waals surface area contributed by atoms with E-state index in [-0.39, 0.29) is 43.8 Å². The Bertz CT molecular complexity index is 2240. The average molecular weight is 641 g/mol. The van der Waals surface area contributed by atoms with Crippen LogP contribution in [0.15, 0.2) is 58.1 Å². The fourth-order valence-electron chi connectivity index (χ4n) is 5.44. The third kappa shape index (κ3) is 5.67. The zero-order valence-electron chi connectivity index (χ0n) is 24.1. The van der Waals surface area contributed by atoms with E-state index in [1.54, 1.807) is 57.2 Å². The van der Waals surface area contributed by atoms with Crippen molar-refractivity contribution in [2.45, 2.75) is 27.7 Å². The topological polar surface area (TPSA) is 171 Å². The Balaban J connectivity index is 1.94. The van der Waals surface area contributed by atoms with Crippen molar-refractivity contribution in [2.75, 3.05) is 11.5 Å². The molecule has 5 rings (SSSR count). The lowest BCUT2D eigenvalue weighted by Gasteiger charge is -2.20. The van der Waals surface area contributed by atoms with Crippen LogP contribution in [0.5, 0.6) is 0 Å². The molecule has 0 bridgehead atoms. The van der Waals surface area contributed by atoms with Gasteiger partial charge in [-0.05, 0) is 50.2 Å². The van der Waals surface area contributed by atoms with Gasteiger partial charge in [-0.15, -0.1) is 4.33 Å². The third-order valence-electron chi connectivity index (χ3n) is 7.50. The van der Waals surface area contributed by atoms with Crippen molar-refractivity contribution in [3.63, 3.8) is 0 Å². The van der Waals surface area contributed by atoms with Crippen LogP contribution in [0.3, 0.4) is 0 Å². The van der Waals surface area contributed by atoms with Gasteiger partial charge in [0.25, 0.3) is 10.1 Å². The molecule has 3 aromatic carbocycles. The summed E-state index contributed by atoms with van der Waals surface area (Å²) in [5.41, 5.74) is 1.28.